The van der Waals surface area contributed by atoms with E-state index in [9.17, 15) is 28.8 Å². The molecule has 0 aromatic heterocycles. The Morgan fingerprint density at radius 2 is 0.788 bits per heavy atom. The first-order valence-corrected chi connectivity index (χ1v) is 36.3. The summed E-state index contributed by atoms with van der Waals surface area (Å²) in [5.41, 5.74) is 15.9. The van der Waals surface area contributed by atoms with Gasteiger partial charge in [0.1, 0.15) is 17.2 Å². The molecule has 0 radical (unpaired) electrons. The first-order valence-electron chi connectivity index (χ1n) is 35.4. The average Bonchev–Trinajstić information content (AvgIpc) is 0.804. The van der Waals surface area contributed by atoms with Crippen LogP contribution in [0.1, 0.15) is 159 Å². The van der Waals surface area contributed by atoms with E-state index in [1.807, 2.05) is 104 Å². The van der Waals surface area contributed by atoms with Crippen LogP contribution in [0, 0.1) is 0 Å². The summed E-state index contributed by atoms with van der Waals surface area (Å²) >= 11 is 9.37. The maximum Gasteiger partial charge on any atom is 0.442 e. The highest BCUT2D eigenvalue weighted by atomic mass is 32.1. The second kappa shape index (κ2) is 46.0. The summed E-state index contributed by atoms with van der Waals surface area (Å²) in [6.07, 6.45) is 9.12. The number of nitrogens with two attached hydrogens (primary N) is 2. The molecule has 6 amide bonds. The predicted molar refractivity (Wildman–Crippen MR) is 415 cm³/mol. The van der Waals surface area contributed by atoms with Crippen LogP contribution in [0.15, 0.2) is 174 Å². The minimum Gasteiger partial charge on any atom is -0.496 e. The molecule has 0 heterocycles. The van der Waals surface area contributed by atoms with Gasteiger partial charge in [0.25, 0.3) is 17.7 Å². The molecule has 560 valence electrons. The number of carbonyl (C=O) groups is 6. The van der Waals surface area contributed by atoms with Crippen LogP contribution in [0.5, 0.6) is 17.2 Å². The van der Waals surface area contributed by atoms with Crippen LogP contribution in [0.3, 0.4) is 0 Å². The molecule has 3 aliphatic carbocycles. The van der Waals surface area contributed by atoms with Gasteiger partial charge in [-0.15, -0.1) is 4.99 Å². The second-order valence-corrected chi connectivity index (χ2v) is 25.5. The number of hydrogen-bond donors (Lipinski definition) is 9. The highest BCUT2D eigenvalue weighted by Crippen LogP contribution is 2.42. The average molecular weight is 1460 g/mol. The molecule has 25 heteroatoms. The molecule has 0 bridgehead atoms. The van der Waals surface area contributed by atoms with Gasteiger partial charge in [-0.2, -0.15) is 0 Å². The molecule has 9 rings (SSSR count). The van der Waals surface area contributed by atoms with Gasteiger partial charge < -0.3 is 66.5 Å². The van der Waals surface area contributed by atoms with Crippen molar-refractivity contribution in [3.8, 4) is 17.2 Å². The van der Waals surface area contributed by atoms with Crippen molar-refractivity contribution in [2.45, 2.75) is 146 Å². The summed E-state index contributed by atoms with van der Waals surface area (Å²) in [5.74, 6) is 1.76. The second-order valence-electron chi connectivity index (χ2n) is 24.9. The standard InChI is InChI=1S/C27H36N4O4.C25H31N3O4S.C21H26N2O2.C4H5NO2S.C2H7N/c1-4-28-25(31-26(33)35-5-2)30-21-15-17-27(18-16-21,20-11-7-6-8-12-20)19-29-24(32)22-13-9-10-14-23(22)34-3;1-3-32-24(30)28-23(33)27-19-13-15-25(16-14-19,18-9-5-4-6-10-18)17-26-22(29)20-11-7-8-12-21(20)31-2;1-25-19-10-6-5-9-18(19)20(24)23-15-21(13-11-17(22)12-14-21)16-7-3-2-4-8-16;1-2-7-4(6)5-3-8;1-2-3/h6-14,21H,4-5,15-19H2,1-3H3,(H,29,32)(H2,28,30,31,33);4-12,19H,3,13-17H2,1-2H3,(H,26,29)(H2,27,28,30,33);2-10,17H,11-15,22H2,1H3,(H,23,24);2H2,1H3;2-3H2,1H3. The number of thiocarbonyl (C=S) groups is 2. The number of ether oxygens (including phenoxy) is 6. The molecule has 0 saturated heterocycles. The summed E-state index contributed by atoms with van der Waals surface area (Å²) in [6, 6.07) is 53.5. The summed E-state index contributed by atoms with van der Waals surface area (Å²) in [5, 5.41) is 23.4. The molecule has 0 unspecified atom stereocenters. The lowest BCUT2D eigenvalue weighted by molar-refractivity contribution is 0.0924. The van der Waals surface area contributed by atoms with E-state index in [0.29, 0.717) is 79.3 Å². The Balaban J connectivity index is 0.000000263. The van der Waals surface area contributed by atoms with Crippen LogP contribution in [0.2, 0.25) is 0 Å². The fraction of sp³-hybridized carbons (Fsp3) is 0.430. The number of rotatable bonds is 21. The van der Waals surface area contributed by atoms with E-state index in [1.165, 1.54) is 16.7 Å². The molecule has 3 fully saturated rings. The zero-order chi connectivity index (χ0) is 75.6. The van der Waals surface area contributed by atoms with Crippen LogP contribution >= 0.6 is 24.4 Å². The molecule has 3 saturated carbocycles. The smallest absolute Gasteiger partial charge is 0.442 e. The summed E-state index contributed by atoms with van der Waals surface area (Å²) in [6.45, 7) is 12.9. The number of amides is 6. The number of aliphatic imine (C=N–C) groups is 2. The number of benzene rings is 6. The minimum absolute atomic E-state index is 0.0468. The molecule has 0 aliphatic heterocycles. The van der Waals surface area contributed by atoms with E-state index in [1.54, 1.807) is 72.4 Å². The first-order chi connectivity index (χ1) is 50.3. The van der Waals surface area contributed by atoms with Crippen molar-refractivity contribution in [2.75, 3.05) is 73.9 Å². The molecule has 11 N–H and O–H groups in total. The van der Waals surface area contributed by atoms with Crippen LogP contribution in [0.4, 0.5) is 14.4 Å². The molecular formula is C79H105N11O12S2. The number of para-hydroxylation sites is 3. The summed E-state index contributed by atoms with van der Waals surface area (Å²) < 4.78 is 30.2. The van der Waals surface area contributed by atoms with E-state index in [0.717, 1.165) is 83.6 Å². The maximum absolute atomic E-state index is 13.0. The third kappa shape index (κ3) is 27.1. The van der Waals surface area contributed by atoms with Gasteiger partial charge in [-0.05, 0) is 189 Å². The van der Waals surface area contributed by atoms with Crippen LogP contribution < -0.4 is 62.9 Å². The zero-order valence-corrected chi connectivity index (χ0v) is 62.9. The molecule has 0 spiro atoms. The molecular weight excluding hydrogens is 1360 g/mol. The van der Waals surface area contributed by atoms with E-state index >= 15 is 0 Å². The molecule has 6 aromatic rings. The highest BCUT2D eigenvalue weighted by Gasteiger charge is 2.40. The zero-order valence-electron chi connectivity index (χ0n) is 61.2. The Morgan fingerprint density at radius 1 is 0.471 bits per heavy atom. The quantitative estimate of drug-likeness (QED) is 0.0140. The Morgan fingerprint density at radius 3 is 1.12 bits per heavy atom. The Labute approximate surface area is 623 Å². The van der Waals surface area contributed by atoms with Crippen molar-refractivity contribution in [1.82, 2.24) is 37.2 Å². The number of guanidine groups is 1. The Kier molecular flexibility index (Phi) is 37.6. The lowest BCUT2D eigenvalue weighted by Crippen LogP contribution is -2.50. The SMILES string of the molecule is CCN.CCN=C(NC(=O)OCC)NC1CCC(CNC(=O)c2ccccc2OC)(c2ccccc2)CC1.CCOC(=O)N=C=S.CCOC(=O)NC(=S)NC1CCC(CNC(=O)c2ccccc2OC)(c2ccccc2)CC1.COc1ccccc1C(=O)NCC1(c2ccccc2)CCC(N)CC1. The molecule has 0 atom stereocenters. The number of methoxy groups -OCH3 is 3. The lowest BCUT2D eigenvalue weighted by atomic mass is 9.68. The minimum atomic E-state index is -0.678. The van der Waals surface area contributed by atoms with E-state index < -0.39 is 18.3 Å². The first kappa shape index (κ1) is 84.9. The third-order valence-electron chi connectivity index (χ3n) is 18.2. The van der Waals surface area contributed by atoms with Crippen molar-refractivity contribution in [1.29, 1.82) is 0 Å². The topological polar surface area (TPSA) is 319 Å². The number of isothiocyanates is 1. The largest absolute Gasteiger partial charge is 0.496 e. The van der Waals surface area contributed by atoms with Gasteiger partial charge in [0.15, 0.2) is 5.11 Å². The number of nitrogens with zero attached hydrogens (tertiary/aromatic N) is 2. The van der Waals surface area contributed by atoms with Crippen LogP contribution in [-0.2, 0) is 30.5 Å². The molecule has 6 aromatic carbocycles. The molecule has 104 heavy (non-hydrogen) atoms. The van der Waals surface area contributed by atoms with Crippen LogP contribution in [0.25, 0.3) is 0 Å². The van der Waals surface area contributed by atoms with Gasteiger partial charge in [-0.1, -0.05) is 134 Å². The lowest BCUT2D eigenvalue weighted by Gasteiger charge is -2.41. The van der Waals surface area contributed by atoms with Gasteiger partial charge in [-0.25, -0.2) is 14.4 Å². The van der Waals surface area contributed by atoms with E-state index in [-0.39, 0.29) is 63.8 Å². The van der Waals surface area contributed by atoms with E-state index in [2.05, 4.69) is 113 Å². The van der Waals surface area contributed by atoms with Gasteiger partial charge >= 0.3 is 18.3 Å². The van der Waals surface area contributed by atoms with Gasteiger partial charge in [0.2, 0.25) is 5.96 Å². The number of hydrogen-bond acceptors (Lipinski definition) is 17. The van der Waals surface area contributed by atoms with Gasteiger partial charge in [0, 0.05) is 60.5 Å². The Bertz CT molecular complexity index is 3690. The van der Waals surface area contributed by atoms with Crippen molar-refractivity contribution >= 4 is 76.7 Å². The van der Waals surface area contributed by atoms with Gasteiger partial charge in [-0.3, -0.25) is 30.0 Å². The fourth-order valence-electron chi connectivity index (χ4n) is 12.8. The predicted octanol–water partition coefficient (Wildman–Crippen LogP) is 12.4. The molecule has 3 aliphatic rings. The number of carbonyl (C=O) groups excluding carboxylic acids is 6. The maximum atomic E-state index is 13.0. The normalized spacial score (nSPS) is 19.2. The number of alkyl carbamates (subject to hydrolysis) is 2. The number of nitrogens with one attached hydrogen (secondary N) is 7. The summed E-state index contributed by atoms with van der Waals surface area (Å²) in [4.78, 5) is 79.6. The van der Waals surface area contributed by atoms with Crippen molar-refractivity contribution in [3.05, 3.63) is 197 Å². The van der Waals surface area contributed by atoms with Crippen molar-refractivity contribution < 1.29 is 57.2 Å². The monoisotopic (exact) mass is 1460 g/mol. The van der Waals surface area contributed by atoms with Crippen LogP contribution in [-0.4, -0.2) is 144 Å². The third-order valence-corrected chi connectivity index (χ3v) is 18.5. The van der Waals surface area contributed by atoms with Gasteiger partial charge in [0.05, 0.1) is 63.0 Å². The molecule has 23 nitrogen and oxygen atoms in total. The van der Waals surface area contributed by atoms with Crippen molar-refractivity contribution in [3.63, 3.8) is 0 Å². The highest BCUT2D eigenvalue weighted by molar-refractivity contribution is 7.80. The van der Waals surface area contributed by atoms with E-state index in [4.69, 9.17) is 47.4 Å². The fourth-order valence-corrected chi connectivity index (χ4v) is 13.2. The Hall–Kier alpha value is -9.78. The van der Waals surface area contributed by atoms with Crippen molar-refractivity contribution in [2.24, 2.45) is 21.5 Å². The summed E-state index contributed by atoms with van der Waals surface area (Å²) in [7, 11) is 4.71.